The Kier molecular flexibility index (Phi) is 4.35. The molecule has 30 heavy (non-hydrogen) atoms. The first-order chi connectivity index (χ1) is 14.6. The van der Waals surface area contributed by atoms with E-state index < -0.39 is 5.41 Å². The first-order valence-corrected chi connectivity index (χ1v) is 10.1. The number of carbonyl (C=O) groups is 2. The minimum absolute atomic E-state index is 0.0707. The Balaban J connectivity index is 1.48. The summed E-state index contributed by atoms with van der Waals surface area (Å²) in [7, 11) is 0. The van der Waals surface area contributed by atoms with Crippen molar-refractivity contribution in [3.05, 3.63) is 89.5 Å². The van der Waals surface area contributed by atoms with Crippen LogP contribution in [-0.4, -0.2) is 39.8 Å². The topological polar surface area (TPSA) is 66.4 Å². The van der Waals surface area contributed by atoms with E-state index in [-0.39, 0.29) is 11.8 Å². The molecule has 0 N–H and O–H groups in total. The van der Waals surface area contributed by atoms with Crippen LogP contribution in [0.4, 0.5) is 5.69 Å². The van der Waals surface area contributed by atoms with Crippen LogP contribution in [0.15, 0.2) is 67.1 Å². The van der Waals surface area contributed by atoms with Crippen molar-refractivity contribution in [3.63, 3.8) is 0 Å². The standard InChI is InChI=1S/C24H22N4O2/c1-17-6-2-3-7-18(17)15-28-21-9-5-4-8-19(21)24(23(28)30)10-13-27(16-24)22(29)20-14-25-11-12-26-20/h2-9,11-12,14H,10,13,15-16H2,1H3. The lowest BCUT2D eigenvalue weighted by molar-refractivity contribution is -0.122. The zero-order valence-corrected chi connectivity index (χ0v) is 16.8. The van der Waals surface area contributed by atoms with Gasteiger partial charge in [0.15, 0.2) is 0 Å². The first kappa shape index (κ1) is 18.5. The second-order valence-corrected chi connectivity index (χ2v) is 7.98. The van der Waals surface area contributed by atoms with Gasteiger partial charge < -0.3 is 9.80 Å². The highest BCUT2D eigenvalue weighted by Gasteiger charge is 2.55. The SMILES string of the molecule is Cc1ccccc1CN1C(=O)C2(CCN(C(=O)c3cnccn3)C2)c2ccccc21. The number of aromatic nitrogens is 2. The molecule has 2 aliphatic heterocycles. The maximum absolute atomic E-state index is 13.8. The van der Waals surface area contributed by atoms with Gasteiger partial charge in [-0.3, -0.25) is 14.6 Å². The number of anilines is 1. The zero-order valence-electron chi connectivity index (χ0n) is 16.8. The molecule has 1 unspecified atom stereocenters. The quantitative estimate of drug-likeness (QED) is 0.680. The summed E-state index contributed by atoms with van der Waals surface area (Å²) in [5, 5.41) is 0. The third-order valence-corrected chi connectivity index (χ3v) is 6.29. The molecule has 5 rings (SSSR count). The van der Waals surface area contributed by atoms with Crippen LogP contribution in [0.5, 0.6) is 0 Å². The monoisotopic (exact) mass is 398 g/mol. The van der Waals surface area contributed by atoms with Crippen molar-refractivity contribution < 1.29 is 9.59 Å². The van der Waals surface area contributed by atoms with Crippen molar-refractivity contribution in [2.75, 3.05) is 18.0 Å². The maximum atomic E-state index is 13.8. The predicted octanol–water partition coefficient (Wildman–Crippen LogP) is 3.12. The van der Waals surface area contributed by atoms with Gasteiger partial charge in [-0.1, -0.05) is 42.5 Å². The highest BCUT2D eigenvalue weighted by molar-refractivity contribution is 6.09. The van der Waals surface area contributed by atoms with Crippen LogP contribution in [0.2, 0.25) is 0 Å². The van der Waals surface area contributed by atoms with Crippen molar-refractivity contribution in [2.24, 2.45) is 0 Å². The summed E-state index contributed by atoms with van der Waals surface area (Å²) in [5.41, 5.74) is 3.86. The number of para-hydroxylation sites is 1. The van der Waals surface area contributed by atoms with Gasteiger partial charge in [-0.25, -0.2) is 4.98 Å². The van der Waals surface area contributed by atoms with Gasteiger partial charge in [-0.05, 0) is 36.1 Å². The van der Waals surface area contributed by atoms with E-state index in [1.165, 1.54) is 12.4 Å². The maximum Gasteiger partial charge on any atom is 0.274 e. The number of carbonyl (C=O) groups excluding carboxylic acids is 2. The Morgan fingerprint density at radius 2 is 1.90 bits per heavy atom. The number of benzene rings is 2. The second kappa shape index (κ2) is 7.06. The van der Waals surface area contributed by atoms with Crippen LogP contribution < -0.4 is 4.90 Å². The van der Waals surface area contributed by atoms with Crippen molar-refractivity contribution >= 4 is 17.5 Å². The number of nitrogens with zero attached hydrogens (tertiary/aromatic N) is 4. The summed E-state index contributed by atoms with van der Waals surface area (Å²) < 4.78 is 0. The fraction of sp³-hybridized carbons (Fsp3) is 0.250. The highest BCUT2D eigenvalue weighted by atomic mass is 16.2. The first-order valence-electron chi connectivity index (χ1n) is 10.1. The lowest BCUT2D eigenvalue weighted by Crippen LogP contribution is -2.43. The van der Waals surface area contributed by atoms with Crippen LogP contribution >= 0.6 is 0 Å². The molecule has 2 aromatic carbocycles. The van der Waals surface area contributed by atoms with Crippen molar-refractivity contribution in [2.45, 2.75) is 25.3 Å². The molecular formula is C24H22N4O2. The number of amides is 2. The molecule has 0 bridgehead atoms. The zero-order chi connectivity index (χ0) is 20.7. The molecule has 2 amide bonds. The minimum Gasteiger partial charge on any atom is -0.336 e. The van der Waals surface area contributed by atoms with Crippen LogP contribution in [0.1, 0.15) is 33.6 Å². The fourth-order valence-corrected chi connectivity index (χ4v) is 4.66. The van der Waals surface area contributed by atoms with E-state index in [2.05, 4.69) is 29.0 Å². The molecule has 6 nitrogen and oxygen atoms in total. The van der Waals surface area contributed by atoms with E-state index in [9.17, 15) is 9.59 Å². The fourth-order valence-electron chi connectivity index (χ4n) is 4.66. The molecule has 0 saturated carbocycles. The lowest BCUT2D eigenvalue weighted by atomic mass is 9.81. The van der Waals surface area contributed by atoms with E-state index in [0.717, 1.165) is 22.4 Å². The molecule has 1 atom stereocenters. The van der Waals surface area contributed by atoms with E-state index in [4.69, 9.17) is 0 Å². The van der Waals surface area contributed by atoms with Crippen molar-refractivity contribution in [3.8, 4) is 0 Å². The Bertz CT molecular complexity index is 1130. The number of hydrogen-bond acceptors (Lipinski definition) is 4. The number of aryl methyl sites for hydroxylation is 1. The van der Waals surface area contributed by atoms with Gasteiger partial charge in [0.25, 0.3) is 5.91 Å². The third kappa shape index (κ3) is 2.79. The van der Waals surface area contributed by atoms with E-state index in [0.29, 0.717) is 31.7 Å². The predicted molar refractivity (Wildman–Crippen MR) is 113 cm³/mol. The number of likely N-dealkylation sites (tertiary alicyclic amines) is 1. The molecule has 6 heteroatoms. The molecule has 150 valence electrons. The minimum atomic E-state index is -0.697. The van der Waals surface area contributed by atoms with Gasteiger partial charge in [0.2, 0.25) is 5.91 Å². The van der Waals surface area contributed by atoms with Gasteiger partial charge in [0, 0.05) is 31.2 Å². The normalized spacial score (nSPS) is 20.1. The Labute approximate surface area is 175 Å². The Hall–Kier alpha value is -3.54. The van der Waals surface area contributed by atoms with E-state index in [1.54, 1.807) is 11.1 Å². The van der Waals surface area contributed by atoms with E-state index in [1.807, 2.05) is 41.3 Å². The second-order valence-electron chi connectivity index (χ2n) is 7.98. The summed E-state index contributed by atoms with van der Waals surface area (Å²) in [6, 6.07) is 16.1. The lowest BCUT2D eigenvalue weighted by Gasteiger charge is -2.25. The molecule has 0 radical (unpaired) electrons. The third-order valence-electron chi connectivity index (χ3n) is 6.29. The number of rotatable bonds is 3. The molecule has 1 fully saturated rings. The Morgan fingerprint density at radius 1 is 1.10 bits per heavy atom. The summed E-state index contributed by atoms with van der Waals surface area (Å²) in [6.07, 6.45) is 5.14. The molecule has 1 spiro atoms. The molecule has 0 aliphatic carbocycles. The van der Waals surface area contributed by atoms with E-state index >= 15 is 0 Å². The largest absolute Gasteiger partial charge is 0.336 e. The van der Waals surface area contributed by atoms with Gasteiger partial charge in [-0.2, -0.15) is 0 Å². The van der Waals surface area contributed by atoms with Gasteiger partial charge in [0.05, 0.1) is 18.2 Å². The van der Waals surface area contributed by atoms with Crippen LogP contribution in [-0.2, 0) is 16.8 Å². The molecule has 2 aliphatic rings. The van der Waals surface area contributed by atoms with Crippen LogP contribution in [0.25, 0.3) is 0 Å². The van der Waals surface area contributed by atoms with Gasteiger partial charge in [0.1, 0.15) is 5.69 Å². The average molecular weight is 398 g/mol. The van der Waals surface area contributed by atoms with Crippen LogP contribution in [0.3, 0.4) is 0 Å². The average Bonchev–Trinajstić information content (AvgIpc) is 3.33. The highest BCUT2D eigenvalue weighted by Crippen LogP contribution is 2.48. The van der Waals surface area contributed by atoms with Gasteiger partial charge in [-0.15, -0.1) is 0 Å². The number of hydrogen-bond donors (Lipinski definition) is 0. The summed E-state index contributed by atoms with van der Waals surface area (Å²) >= 11 is 0. The molecule has 3 heterocycles. The summed E-state index contributed by atoms with van der Waals surface area (Å²) in [6.45, 7) is 3.48. The smallest absolute Gasteiger partial charge is 0.274 e. The summed E-state index contributed by atoms with van der Waals surface area (Å²) in [4.78, 5) is 38.4. The molecule has 1 aromatic heterocycles. The van der Waals surface area contributed by atoms with Gasteiger partial charge >= 0.3 is 0 Å². The van der Waals surface area contributed by atoms with Crippen LogP contribution in [0, 0.1) is 6.92 Å². The van der Waals surface area contributed by atoms with Crippen molar-refractivity contribution in [1.82, 2.24) is 14.9 Å². The molecule has 3 aromatic rings. The van der Waals surface area contributed by atoms with Crippen molar-refractivity contribution in [1.29, 1.82) is 0 Å². The molecule has 1 saturated heterocycles. The Morgan fingerprint density at radius 3 is 2.70 bits per heavy atom. The number of fused-ring (bicyclic) bond motifs is 2. The summed E-state index contributed by atoms with van der Waals surface area (Å²) in [5.74, 6) is -0.107. The molecular weight excluding hydrogens is 376 g/mol.